The number of carbonyl (C=O) groups excluding carboxylic acids is 1. The second kappa shape index (κ2) is 4.52. The van der Waals surface area contributed by atoms with E-state index in [9.17, 15) is 4.79 Å². The van der Waals surface area contributed by atoms with Crippen LogP contribution in [0.1, 0.15) is 43.5 Å². The molecule has 1 aromatic carbocycles. The first-order valence-corrected chi connectivity index (χ1v) is 6.23. The first kappa shape index (κ1) is 12.2. The lowest BCUT2D eigenvalue weighted by Gasteiger charge is -2.26. The fourth-order valence-corrected chi connectivity index (χ4v) is 2.85. The monoisotopic (exact) mass is 232 g/mol. The Balaban J connectivity index is 2.31. The molecule has 1 atom stereocenters. The number of carbonyl (C=O) groups is 1. The van der Waals surface area contributed by atoms with Gasteiger partial charge in [0.15, 0.2) is 5.78 Å². The average molecular weight is 232 g/mol. The lowest BCUT2D eigenvalue weighted by atomic mass is 9.77. The Bertz CT molecular complexity index is 421. The second-order valence-electron chi connectivity index (χ2n) is 5.50. The smallest absolute Gasteiger partial charge is 0.170 e. The van der Waals surface area contributed by atoms with Crippen molar-refractivity contribution in [1.82, 2.24) is 0 Å². The van der Waals surface area contributed by atoms with Crippen molar-refractivity contribution < 1.29 is 9.53 Å². The van der Waals surface area contributed by atoms with Crippen LogP contribution in [0.3, 0.4) is 0 Å². The van der Waals surface area contributed by atoms with Crippen molar-refractivity contribution in [2.75, 3.05) is 7.11 Å². The molecule has 1 unspecified atom stereocenters. The highest BCUT2D eigenvalue weighted by molar-refractivity contribution is 6.00. The Labute approximate surface area is 103 Å². The summed E-state index contributed by atoms with van der Waals surface area (Å²) in [4.78, 5) is 12.6. The van der Waals surface area contributed by atoms with Gasteiger partial charge in [-0.2, -0.15) is 0 Å². The van der Waals surface area contributed by atoms with Crippen LogP contribution in [-0.4, -0.2) is 12.9 Å². The third kappa shape index (κ3) is 2.21. The van der Waals surface area contributed by atoms with Gasteiger partial charge in [-0.1, -0.05) is 32.4 Å². The van der Waals surface area contributed by atoms with Gasteiger partial charge in [-0.15, -0.1) is 0 Å². The molecule has 92 valence electrons. The van der Waals surface area contributed by atoms with Gasteiger partial charge in [0.25, 0.3) is 0 Å². The molecule has 0 bridgehead atoms. The van der Waals surface area contributed by atoms with E-state index in [1.165, 1.54) is 0 Å². The third-order valence-electron chi connectivity index (χ3n) is 3.95. The van der Waals surface area contributed by atoms with Gasteiger partial charge in [0, 0.05) is 5.92 Å². The zero-order chi connectivity index (χ0) is 12.5. The predicted molar refractivity (Wildman–Crippen MR) is 68.4 cm³/mol. The number of para-hydroxylation sites is 1. The van der Waals surface area contributed by atoms with Crippen molar-refractivity contribution in [1.29, 1.82) is 0 Å². The van der Waals surface area contributed by atoms with Gasteiger partial charge in [-0.3, -0.25) is 4.79 Å². The van der Waals surface area contributed by atoms with Crippen molar-refractivity contribution in [2.24, 2.45) is 11.3 Å². The van der Waals surface area contributed by atoms with Crippen LogP contribution < -0.4 is 4.74 Å². The summed E-state index contributed by atoms with van der Waals surface area (Å²) in [7, 11) is 1.62. The van der Waals surface area contributed by atoms with E-state index in [0.717, 1.165) is 24.8 Å². The summed E-state index contributed by atoms with van der Waals surface area (Å²) < 4.78 is 5.27. The predicted octanol–water partition coefficient (Wildman–Crippen LogP) is 3.70. The minimum atomic E-state index is 0.123. The quantitative estimate of drug-likeness (QED) is 0.743. The summed E-state index contributed by atoms with van der Waals surface area (Å²) in [5.74, 6) is 1.07. The molecule has 0 aliphatic heterocycles. The summed E-state index contributed by atoms with van der Waals surface area (Å²) in [6.45, 7) is 4.38. The van der Waals surface area contributed by atoms with Gasteiger partial charge >= 0.3 is 0 Å². The van der Waals surface area contributed by atoms with Crippen molar-refractivity contribution in [2.45, 2.75) is 33.1 Å². The molecule has 0 aromatic heterocycles. The highest BCUT2D eigenvalue weighted by Gasteiger charge is 2.40. The van der Waals surface area contributed by atoms with E-state index in [2.05, 4.69) is 13.8 Å². The molecule has 0 amide bonds. The first-order valence-electron chi connectivity index (χ1n) is 6.23. The van der Waals surface area contributed by atoms with E-state index >= 15 is 0 Å². The minimum Gasteiger partial charge on any atom is -0.496 e. The molecule has 1 saturated carbocycles. The molecule has 0 heterocycles. The molecule has 17 heavy (non-hydrogen) atoms. The lowest BCUT2D eigenvalue weighted by molar-refractivity contribution is 0.0836. The molecule has 2 nitrogen and oxygen atoms in total. The van der Waals surface area contributed by atoms with Crippen LogP contribution in [0.15, 0.2) is 24.3 Å². The molecule has 0 radical (unpaired) electrons. The maximum absolute atomic E-state index is 12.6. The van der Waals surface area contributed by atoms with Crippen LogP contribution in [0.5, 0.6) is 5.75 Å². The lowest BCUT2D eigenvalue weighted by Crippen LogP contribution is -2.26. The molecule has 1 fully saturated rings. The minimum absolute atomic E-state index is 0.123. The fourth-order valence-electron chi connectivity index (χ4n) is 2.85. The van der Waals surface area contributed by atoms with Crippen LogP contribution in [0, 0.1) is 11.3 Å². The van der Waals surface area contributed by atoms with Crippen LogP contribution >= 0.6 is 0 Å². The second-order valence-corrected chi connectivity index (χ2v) is 5.50. The molecule has 1 aliphatic rings. The van der Waals surface area contributed by atoms with Gasteiger partial charge in [-0.05, 0) is 30.4 Å². The van der Waals surface area contributed by atoms with Crippen molar-refractivity contribution in [3.8, 4) is 5.75 Å². The van der Waals surface area contributed by atoms with Gasteiger partial charge < -0.3 is 4.74 Å². The Hall–Kier alpha value is -1.31. The Kier molecular flexibility index (Phi) is 3.23. The maximum Gasteiger partial charge on any atom is 0.170 e. The summed E-state index contributed by atoms with van der Waals surface area (Å²) in [5.41, 5.74) is 0.854. The SMILES string of the molecule is COc1ccccc1C(=O)C1CCCC1(C)C. The third-order valence-corrected chi connectivity index (χ3v) is 3.95. The number of ether oxygens (including phenoxy) is 1. The largest absolute Gasteiger partial charge is 0.496 e. The molecule has 2 heteroatoms. The number of rotatable bonds is 3. The number of Topliss-reactive ketones (excluding diaryl/α,β-unsaturated/α-hetero) is 1. The van der Waals surface area contributed by atoms with E-state index in [0.29, 0.717) is 5.75 Å². The molecule has 1 aliphatic carbocycles. The average Bonchev–Trinajstić information content (AvgIpc) is 2.68. The Morgan fingerprint density at radius 2 is 2.06 bits per heavy atom. The molecular weight excluding hydrogens is 212 g/mol. The van der Waals surface area contributed by atoms with Gasteiger partial charge in [0.1, 0.15) is 5.75 Å². The number of hydrogen-bond acceptors (Lipinski definition) is 2. The molecule has 0 N–H and O–H groups in total. The van der Waals surface area contributed by atoms with Crippen LogP contribution in [0.25, 0.3) is 0 Å². The van der Waals surface area contributed by atoms with Gasteiger partial charge in [0.2, 0.25) is 0 Å². The van der Waals surface area contributed by atoms with Crippen molar-refractivity contribution in [3.63, 3.8) is 0 Å². The van der Waals surface area contributed by atoms with Gasteiger partial charge in [0.05, 0.1) is 12.7 Å². The van der Waals surface area contributed by atoms with E-state index < -0.39 is 0 Å². The summed E-state index contributed by atoms with van der Waals surface area (Å²) in [6, 6.07) is 7.53. The first-order chi connectivity index (χ1) is 8.06. The van der Waals surface area contributed by atoms with Crippen molar-refractivity contribution >= 4 is 5.78 Å². The summed E-state index contributed by atoms with van der Waals surface area (Å²) >= 11 is 0. The topological polar surface area (TPSA) is 26.3 Å². The number of ketones is 1. The van der Waals surface area contributed by atoms with Crippen molar-refractivity contribution in [3.05, 3.63) is 29.8 Å². The number of benzene rings is 1. The fraction of sp³-hybridized carbons (Fsp3) is 0.533. The van der Waals surface area contributed by atoms with E-state index in [1.54, 1.807) is 7.11 Å². The molecular formula is C15H20O2. The molecule has 0 spiro atoms. The summed E-state index contributed by atoms with van der Waals surface area (Å²) in [6.07, 6.45) is 3.29. The molecule has 2 rings (SSSR count). The zero-order valence-electron chi connectivity index (χ0n) is 10.8. The molecule has 1 aromatic rings. The van der Waals surface area contributed by atoms with E-state index in [-0.39, 0.29) is 17.1 Å². The van der Waals surface area contributed by atoms with E-state index in [4.69, 9.17) is 4.74 Å². The highest BCUT2D eigenvalue weighted by atomic mass is 16.5. The Morgan fingerprint density at radius 3 is 2.65 bits per heavy atom. The maximum atomic E-state index is 12.6. The van der Waals surface area contributed by atoms with E-state index in [1.807, 2.05) is 24.3 Å². The number of methoxy groups -OCH3 is 1. The summed E-state index contributed by atoms with van der Waals surface area (Å²) in [5, 5.41) is 0. The normalized spacial score (nSPS) is 22.4. The highest BCUT2D eigenvalue weighted by Crippen LogP contribution is 2.44. The Morgan fingerprint density at radius 1 is 1.35 bits per heavy atom. The van der Waals surface area contributed by atoms with Gasteiger partial charge in [-0.25, -0.2) is 0 Å². The van der Waals surface area contributed by atoms with Crippen LogP contribution in [0.2, 0.25) is 0 Å². The zero-order valence-corrected chi connectivity index (χ0v) is 10.8. The number of hydrogen-bond donors (Lipinski definition) is 0. The van der Waals surface area contributed by atoms with Crippen LogP contribution in [-0.2, 0) is 0 Å². The molecule has 0 saturated heterocycles. The van der Waals surface area contributed by atoms with Crippen LogP contribution in [0.4, 0.5) is 0 Å². The standard InChI is InChI=1S/C15H20O2/c1-15(2)10-6-8-12(15)14(16)11-7-4-5-9-13(11)17-3/h4-5,7,9,12H,6,8,10H2,1-3H3.